The SMILES string of the molecule is O=C(C1=C(O)C(=O)N(CC[NH+]2CCOCC2)C1c1ccc(F)cc1)c1cccs1. The molecule has 29 heavy (non-hydrogen) atoms. The number of carbonyl (C=O) groups excluding carboxylic acids is 2. The first kappa shape index (κ1) is 19.8. The Labute approximate surface area is 171 Å². The Morgan fingerprint density at radius 2 is 1.97 bits per heavy atom. The summed E-state index contributed by atoms with van der Waals surface area (Å²) in [6.45, 7) is 4.11. The number of halogens is 1. The molecule has 0 spiro atoms. The lowest BCUT2D eigenvalue weighted by Crippen LogP contribution is -3.14. The smallest absolute Gasteiger partial charge is 0.290 e. The first-order chi connectivity index (χ1) is 14.1. The van der Waals surface area contributed by atoms with Crippen molar-refractivity contribution in [2.45, 2.75) is 6.04 Å². The van der Waals surface area contributed by atoms with Gasteiger partial charge < -0.3 is 19.6 Å². The van der Waals surface area contributed by atoms with Crippen molar-refractivity contribution in [2.75, 3.05) is 39.4 Å². The van der Waals surface area contributed by atoms with Crippen LogP contribution in [0.5, 0.6) is 0 Å². The number of quaternary nitrogens is 1. The number of aliphatic hydroxyl groups is 1. The molecule has 0 aliphatic carbocycles. The maximum absolute atomic E-state index is 13.5. The van der Waals surface area contributed by atoms with Gasteiger partial charge in [0.05, 0.1) is 42.8 Å². The number of morpholine rings is 1. The van der Waals surface area contributed by atoms with E-state index in [-0.39, 0.29) is 11.4 Å². The molecule has 1 aromatic carbocycles. The molecule has 1 atom stereocenters. The van der Waals surface area contributed by atoms with E-state index in [1.165, 1.54) is 33.3 Å². The number of nitrogens with one attached hydrogen (secondary N) is 1. The van der Waals surface area contributed by atoms with Gasteiger partial charge in [0.25, 0.3) is 5.91 Å². The van der Waals surface area contributed by atoms with Crippen molar-refractivity contribution < 1.29 is 28.7 Å². The van der Waals surface area contributed by atoms with Gasteiger partial charge in [-0.2, -0.15) is 0 Å². The molecule has 2 aromatic rings. The molecule has 1 amide bonds. The van der Waals surface area contributed by atoms with E-state index in [2.05, 4.69) is 0 Å². The number of aliphatic hydroxyl groups excluding tert-OH is 1. The summed E-state index contributed by atoms with van der Waals surface area (Å²) in [5.74, 6) is -1.86. The topological polar surface area (TPSA) is 71.3 Å². The van der Waals surface area contributed by atoms with Crippen LogP contribution in [0.25, 0.3) is 0 Å². The molecular weight excluding hydrogens is 395 g/mol. The van der Waals surface area contributed by atoms with E-state index >= 15 is 0 Å². The molecule has 0 radical (unpaired) electrons. The molecule has 0 saturated carbocycles. The van der Waals surface area contributed by atoms with Gasteiger partial charge in [0.1, 0.15) is 18.9 Å². The third-order valence-corrected chi connectivity index (χ3v) is 6.25. The molecule has 8 heteroatoms. The maximum atomic E-state index is 13.5. The van der Waals surface area contributed by atoms with Gasteiger partial charge in [-0.05, 0) is 29.1 Å². The molecule has 1 unspecified atom stereocenters. The van der Waals surface area contributed by atoms with E-state index in [9.17, 15) is 19.1 Å². The third-order valence-electron chi connectivity index (χ3n) is 5.39. The predicted molar refractivity (Wildman–Crippen MR) is 106 cm³/mol. The molecule has 2 N–H and O–H groups in total. The van der Waals surface area contributed by atoms with E-state index in [1.807, 2.05) is 0 Å². The van der Waals surface area contributed by atoms with Gasteiger partial charge in [-0.1, -0.05) is 18.2 Å². The minimum Gasteiger partial charge on any atom is -0.503 e. The van der Waals surface area contributed by atoms with E-state index in [0.717, 1.165) is 13.1 Å². The normalized spacial score (nSPS) is 20.5. The van der Waals surface area contributed by atoms with E-state index < -0.39 is 23.5 Å². The summed E-state index contributed by atoms with van der Waals surface area (Å²) in [7, 11) is 0. The third kappa shape index (κ3) is 3.96. The van der Waals surface area contributed by atoms with Crippen molar-refractivity contribution in [3.05, 3.63) is 69.4 Å². The van der Waals surface area contributed by atoms with Crippen molar-refractivity contribution in [1.29, 1.82) is 0 Å². The quantitative estimate of drug-likeness (QED) is 0.697. The molecule has 3 heterocycles. The van der Waals surface area contributed by atoms with Crippen molar-refractivity contribution in [2.24, 2.45) is 0 Å². The van der Waals surface area contributed by atoms with Crippen LogP contribution in [0.3, 0.4) is 0 Å². The van der Waals surface area contributed by atoms with Crippen molar-refractivity contribution in [3.63, 3.8) is 0 Å². The molecule has 1 saturated heterocycles. The monoisotopic (exact) mass is 417 g/mol. The standard InChI is InChI=1S/C21H21FN2O4S/c22-15-5-3-14(4-6-15)18-17(19(25)16-2-1-13-29-16)20(26)21(27)24(18)8-7-23-9-11-28-12-10-23/h1-6,13,18,26H,7-12H2/p+1. The van der Waals surface area contributed by atoms with Crippen molar-refractivity contribution in [3.8, 4) is 0 Å². The number of carbonyl (C=O) groups is 2. The molecule has 4 rings (SSSR count). The van der Waals surface area contributed by atoms with E-state index in [1.54, 1.807) is 29.6 Å². The van der Waals surface area contributed by atoms with Gasteiger partial charge in [0.15, 0.2) is 5.76 Å². The molecular formula is C21H22FN2O4S+. The molecule has 6 nitrogen and oxygen atoms in total. The fourth-order valence-electron chi connectivity index (χ4n) is 3.84. The fourth-order valence-corrected chi connectivity index (χ4v) is 4.51. The lowest BCUT2D eigenvalue weighted by Gasteiger charge is -2.30. The van der Waals surface area contributed by atoms with Crippen LogP contribution in [0.15, 0.2) is 53.1 Å². The number of ketones is 1. The first-order valence-corrected chi connectivity index (χ1v) is 10.4. The number of ether oxygens (including phenoxy) is 1. The Bertz CT molecular complexity index is 921. The van der Waals surface area contributed by atoms with Gasteiger partial charge in [0, 0.05) is 0 Å². The number of hydrogen-bond acceptors (Lipinski definition) is 5. The Hall–Kier alpha value is -2.55. The lowest BCUT2D eigenvalue weighted by molar-refractivity contribution is -0.907. The van der Waals surface area contributed by atoms with Crippen LogP contribution in [-0.4, -0.2) is 61.1 Å². The molecule has 2 aliphatic rings. The zero-order valence-corrected chi connectivity index (χ0v) is 16.6. The molecule has 1 aromatic heterocycles. The largest absolute Gasteiger partial charge is 0.503 e. The number of Topliss-reactive ketones (excluding diaryl/α,β-unsaturated/α-hetero) is 1. The average molecular weight is 417 g/mol. The van der Waals surface area contributed by atoms with E-state index in [4.69, 9.17) is 4.74 Å². The van der Waals surface area contributed by atoms with Crippen molar-refractivity contribution >= 4 is 23.0 Å². The number of nitrogens with zero attached hydrogens (tertiary/aromatic N) is 1. The van der Waals surface area contributed by atoms with Gasteiger partial charge in [-0.15, -0.1) is 11.3 Å². The number of thiophene rings is 1. The van der Waals surface area contributed by atoms with E-state index in [0.29, 0.717) is 36.7 Å². The summed E-state index contributed by atoms with van der Waals surface area (Å²) >= 11 is 1.26. The lowest BCUT2D eigenvalue weighted by atomic mass is 9.95. The molecule has 0 bridgehead atoms. The second-order valence-electron chi connectivity index (χ2n) is 7.13. The van der Waals surface area contributed by atoms with Crippen LogP contribution in [0.4, 0.5) is 4.39 Å². The summed E-state index contributed by atoms with van der Waals surface area (Å²) in [5.41, 5.74) is 0.654. The minimum atomic E-state index is -0.738. The first-order valence-electron chi connectivity index (χ1n) is 9.55. The second kappa shape index (κ2) is 8.44. The second-order valence-corrected chi connectivity index (χ2v) is 8.08. The number of hydrogen-bond donors (Lipinski definition) is 2. The average Bonchev–Trinajstić information content (AvgIpc) is 3.36. The highest BCUT2D eigenvalue weighted by atomic mass is 32.1. The van der Waals surface area contributed by atoms with Crippen LogP contribution < -0.4 is 4.90 Å². The zero-order valence-electron chi connectivity index (χ0n) is 15.8. The Balaban J connectivity index is 1.66. The van der Waals surface area contributed by atoms with Crippen LogP contribution >= 0.6 is 11.3 Å². The summed E-state index contributed by atoms with van der Waals surface area (Å²) in [5, 5.41) is 12.4. The van der Waals surface area contributed by atoms with Crippen LogP contribution in [0.1, 0.15) is 21.3 Å². The van der Waals surface area contributed by atoms with Gasteiger partial charge >= 0.3 is 0 Å². The van der Waals surface area contributed by atoms with Gasteiger partial charge in [0.2, 0.25) is 5.78 Å². The molecule has 1 fully saturated rings. The van der Waals surface area contributed by atoms with Crippen LogP contribution in [0.2, 0.25) is 0 Å². The summed E-state index contributed by atoms with van der Waals surface area (Å²) < 4.78 is 18.8. The van der Waals surface area contributed by atoms with Gasteiger partial charge in [-0.3, -0.25) is 9.59 Å². The van der Waals surface area contributed by atoms with Crippen LogP contribution in [0, 0.1) is 5.82 Å². The maximum Gasteiger partial charge on any atom is 0.290 e. The highest BCUT2D eigenvalue weighted by Gasteiger charge is 2.44. The number of rotatable bonds is 6. The van der Waals surface area contributed by atoms with Gasteiger partial charge in [-0.25, -0.2) is 4.39 Å². The minimum absolute atomic E-state index is 0.0565. The Kier molecular flexibility index (Phi) is 5.75. The predicted octanol–water partition coefficient (Wildman–Crippen LogP) is 1.38. The highest BCUT2D eigenvalue weighted by Crippen LogP contribution is 2.39. The molecule has 2 aliphatic heterocycles. The number of amides is 1. The summed E-state index contributed by atoms with van der Waals surface area (Å²) in [6, 6.07) is 8.39. The molecule has 152 valence electrons. The summed E-state index contributed by atoms with van der Waals surface area (Å²) in [6.07, 6.45) is 0. The zero-order chi connectivity index (χ0) is 20.4. The Morgan fingerprint density at radius 1 is 1.24 bits per heavy atom. The van der Waals surface area contributed by atoms with Crippen molar-refractivity contribution in [1.82, 2.24) is 4.90 Å². The Morgan fingerprint density at radius 3 is 2.62 bits per heavy atom. The number of benzene rings is 1. The summed E-state index contributed by atoms with van der Waals surface area (Å²) in [4.78, 5) is 29.2. The fraction of sp³-hybridized carbons (Fsp3) is 0.333. The van der Waals surface area contributed by atoms with Crippen LogP contribution in [-0.2, 0) is 9.53 Å². The highest BCUT2D eigenvalue weighted by molar-refractivity contribution is 7.12.